The van der Waals surface area contributed by atoms with Crippen LogP contribution in [0.4, 0.5) is 5.95 Å². The molecule has 7 heteroatoms. The van der Waals surface area contributed by atoms with Crippen molar-refractivity contribution in [2.24, 2.45) is 0 Å². The van der Waals surface area contributed by atoms with E-state index in [4.69, 9.17) is 0 Å². The van der Waals surface area contributed by atoms with E-state index >= 15 is 0 Å². The van der Waals surface area contributed by atoms with Gasteiger partial charge in [0.1, 0.15) is 0 Å². The lowest BCUT2D eigenvalue weighted by Gasteiger charge is -2.18. The lowest BCUT2D eigenvalue weighted by molar-refractivity contribution is -0.119. The number of aryl methyl sites for hydroxylation is 1. The van der Waals surface area contributed by atoms with Crippen molar-refractivity contribution in [1.82, 2.24) is 20.1 Å². The minimum atomic E-state index is 0.0908. The average molecular weight is 386 g/mol. The van der Waals surface area contributed by atoms with E-state index in [0.717, 1.165) is 42.7 Å². The molecule has 2 heterocycles. The number of benzene rings is 1. The predicted octanol–water partition coefficient (Wildman–Crippen LogP) is 3.33. The molecule has 0 bridgehead atoms. The van der Waals surface area contributed by atoms with E-state index in [9.17, 15) is 4.79 Å². The van der Waals surface area contributed by atoms with Crippen LogP contribution in [0.2, 0.25) is 0 Å². The minimum Gasteiger partial charge on any atom is -0.353 e. The molecule has 1 saturated heterocycles. The zero-order valence-corrected chi connectivity index (χ0v) is 16.7. The molecule has 2 aromatic rings. The third-order valence-corrected chi connectivity index (χ3v) is 6.28. The summed E-state index contributed by atoms with van der Waals surface area (Å²) >= 11 is 1.47. The van der Waals surface area contributed by atoms with Crippen LogP contribution in [0.1, 0.15) is 44.1 Å². The van der Waals surface area contributed by atoms with Crippen molar-refractivity contribution in [3.63, 3.8) is 0 Å². The second-order valence-corrected chi connectivity index (χ2v) is 8.43. The Hall–Kier alpha value is -2.02. The summed E-state index contributed by atoms with van der Waals surface area (Å²) in [5, 5.41) is 12.8. The molecule has 1 amide bonds. The van der Waals surface area contributed by atoms with Crippen molar-refractivity contribution in [2.75, 3.05) is 23.7 Å². The number of anilines is 1. The summed E-state index contributed by atoms with van der Waals surface area (Å²) in [6.45, 7) is 4.11. The van der Waals surface area contributed by atoms with E-state index in [2.05, 4.69) is 56.2 Å². The third kappa shape index (κ3) is 4.29. The first-order valence-corrected chi connectivity index (χ1v) is 10.9. The third-order valence-electron chi connectivity index (χ3n) is 5.35. The number of amides is 1. The predicted molar refractivity (Wildman–Crippen MR) is 109 cm³/mol. The topological polar surface area (TPSA) is 63.1 Å². The molecule has 2 fully saturated rings. The SMILES string of the molecule is Cc1ccc(-n2c(SCC(=O)NC3CCCC3)nnc2N2CCCC2)cc1. The Morgan fingerprint density at radius 2 is 1.81 bits per heavy atom. The van der Waals surface area contributed by atoms with Crippen LogP contribution in [-0.4, -0.2) is 45.6 Å². The van der Waals surface area contributed by atoms with Gasteiger partial charge in [-0.3, -0.25) is 9.36 Å². The smallest absolute Gasteiger partial charge is 0.232 e. The number of hydrogen-bond donors (Lipinski definition) is 1. The standard InChI is InChI=1S/C20H27N5OS/c1-15-8-10-17(11-9-15)25-19(24-12-4-5-13-24)22-23-20(25)27-14-18(26)21-16-6-2-3-7-16/h8-11,16H,2-7,12-14H2,1H3,(H,21,26). The van der Waals surface area contributed by atoms with Gasteiger partial charge in [-0.2, -0.15) is 0 Å². The number of carbonyl (C=O) groups excluding carboxylic acids is 1. The highest BCUT2D eigenvalue weighted by molar-refractivity contribution is 7.99. The van der Waals surface area contributed by atoms with Crippen molar-refractivity contribution >= 4 is 23.6 Å². The largest absolute Gasteiger partial charge is 0.353 e. The number of aromatic nitrogens is 3. The van der Waals surface area contributed by atoms with Gasteiger partial charge in [-0.15, -0.1) is 10.2 Å². The molecule has 4 rings (SSSR count). The van der Waals surface area contributed by atoms with Gasteiger partial charge in [0.25, 0.3) is 0 Å². The lowest BCUT2D eigenvalue weighted by Crippen LogP contribution is -2.33. The van der Waals surface area contributed by atoms with Crippen molar-refractivity contribution < 1.29 is 4.79 Å². The van der Waals surface area contributed by atoms with Gasteiger partial charge >= 0.3 is 0 Å². The Morgan fingerprint density at radius 1 is 1.11 bits per heavy atom. The molecule has 0 unspecified atom stereocenters. The van der Waals surface area contributed by atoms with Crippen molar-refractivity contribution in [3.05, 3.63) is 29.8 Å². The minimum absolute atomic E-state index is 0.0908. The van der Waals surface area contributed by atoms with Crippen LogP contribution in [0.25, 0.3) is 5.69 Å². The monoisotopic (exact) mass is 385 g/mol. The van der Waals surface area contributed by atoms with Crippen LogP contribution in [-0.2, 0) is 4.79 Å². The van der Waals surface area contributed by atoms with Crippen LogP contribution >= 0.6 is 11.8 Å². The van der Waals surface area contributed by atoms with Gasteiger partial charge in [-0.05, 0) is 44.7 Å². The summed E-state index contributed by atoms with van der Waals surface area (Å²) in [5.74, 6) is 1.35. The number of nitrogens with one attached hydrogen (secondary N) is 1. The molecule has 144 valence electrons. The number of nitrogens with zero attached hydrogens (tertiary/aromatic N) is 4. The number of thioether (sulfide) groups is 1. The fourth-order valence-electron chi connectivity index (χ4n) is 3.87. The molecule has 27 heavy (non-hydrogen) atoms. The summed E-state index contributed by atoms with van der Waals surface area (Å²) in [7, 11) is 0. The zero-order chi connectivity index (χ0) is 18.6. The number of rotatable bonds is 6. The fraction of sp³-hybridized carbons (Fsp3) is 0.550. The molecular weight excluding hydrogens is 358 g/mol. The highest BCUT2D eigenvalue weighted by Gasteiger charge is 2.23. The van der Waals surface area contributed by atoms with E-state index in [1.54, 1.807) is 0 Å². The summed E-state index contributed by atoms with van der Waals surface area (Å²) in [5.41, 5.74) is 2.27. The first-order chi connectivity index (χ1) is 13.2. The van der Waals surface area contributed by atoms with Gasteiger partial charge < -0.3 is 10.2 Å². The van der Waals surface area contributed by atoms with E-state index in [0.29, 0.717) is 11.8 Å². The van der Waals surface area contributed by atoms with Crippen LogP contribution in [0.3, 0.4) is 0 Å². The van der Waals surface area contributed by atoms with E-state index in [1.807, 2.05) is 0 Å². The molecule has 0 atom stereocenters. The fourth-order valence-corrected chi connectivity index (χ4v) is 4.63. The number of carbonyl (C=O) groups is 1. The highest BCUT2D eigenvalue weighted by atomic mass is 32.2. The van der Waals surface area contributed by atoms with Crippen molar-refractivity contribution in [3.8, 4) is 5.69 Å². The van der Waals surface area contributed by atoms with Gasteiger partial charge in [-0.25, -0.2) is 0 Å². The molecule has 1 aromatic carbocycles. The van der Waals surface area contributed by atoms with E-state index < -0.39 is 0 Å². The molecular formula is C20H27N5OS. The quantitative estimate of drug-likeness (QED) is 0.773. The zero-order valence-electron chi connectivity index (χ0n) is 15.9. The van der Waals surface area contributed by atoms with Gasteiger partial charge in [0, 0.05) is 19.1 Å². The normalized spacial score (nSPS) is 17.6. The molecule has 6 nitrogen and oxygen atoms in total. The van der Waals surface area contributed by atoms with Gasteiger partial charge in [0.05, 0.1) is 11.4 Å². The number of hydrogen-bond acceptors (Lipinski definition) is 5. The molecule has 1 aliphatic heterocycles. The molecule has 1 aromatic heterocycles. The first-order valence-electron chi connectivity index (χ1n) is 9.90. The van der Waals surface area contributed by atoms with Crippen molar-refractivity contribution in [2.45, 2.75) is 56.6 Å². The van der Waals surface area contributed by atoms with E-state index in [1.165, 1.54) is 43.0 Å². The van der Waals surface area contributed by atoms with Gasteiger partial charge in [0.15, 0.2) is 5.16 Å². The summed E-state index contributed by atoms with van der Waals surface area (Å²) in [6.07, 6.45) is 7.03. The maximum Gasteiger partial charge on any atom is 0.232 e. The maximum absolute atomic E-state index is 12.3. The Morgan fingerprint density at radius 3 is 2.52 bits per heavy atom. The van der Waals surface area contributed by atoms with Crippen LogP contribution in [0.5, 0.6) is 0 Å². The van der Waals surface area contributed by atoms with Gasteiger partial charge in [0.2, 0.25) is 11.9 Å². The molecule has 2 aliphatic rings. The van der Waals surface area contributed by atoms with E-state index in [-0.39, 0.29) is 5.91 Å². The maximum atomic E-state index is 12.3. The Labute approximate surface area is 164 Å². The second kappa shape index (κ2) is 8.33. The van der Waals surface area contributed by atoms with Crippen LogP contribution < -0.4 is 10.2 Å². The first kappa shape index (κ1) is 18.3. The van der Waals surface area contributed by atoms with Crippen LogP contribution in [0, 0.1) is 6.92 Å². The Bertz CT molecular complexity index is 776. The average Bonchev–Trinajstić information content (AvgIpc) is 3.42. The molecule has 1 N–H and O–H groups in total. The lowest BCUT2D eigenvalue weighted by atomic mass is 10.2. The molecule has 1 aliphatic carbocycles. The highest BCUT2D eigenvalue weighted by Crippen LogP contribution is 2.28. The molecule has 0 spiro atoms. The Kier molecular flexibility index (Phi) is 5.66. The van der Waals surface area contributed by atoms with Crippen molar-refractivity contribution in [1.29, 1.82) is 0 Å². The Balaban J connectivity index is 1.52. The van der Waals surface area contributed by atoms with Crippen LogP contribution in [0.15, 0.2) is 29.4 Å². The summed E-state index contributed by atoms with van der Waals surface area (Å²) in [4.78, 5) is 14.6. The van der Waals surface area contributed by atoms with Gasteiger partial charge in [-0.1, -0.05) is 42.3 Å². The summed E-state index contributed by atoms with van der Waals surface area (Å²) in [6, 6.07) is 8.75. The molecule has 1 saturated carbocycles. The molecule has 0 radical (unpaired) electrons. The second-order valence-electron chi connectivity index (χ2n) is 7.49. The summed E-state index contributed by atoms with van der Waals surface area (Å²) < 4.78 is 2.10.